The molecule has 0 bridgehead atoms. The maximum Gasteiger partial charge on any atom is 0.242 e. The molecule has 0 saturated carbocycles. The zero-order valence-corrected chi connectivity index (χ0v) is 12.8. The van der Waals surface area contributed by atoms with Gasteiger partial charge in [-0.25, -0.2) is 0 Å². The van der Waals surface area contributed by atoms with Crippen molar-refractivity contribution >= 4 is 29.0 Å². The lowest BCUT2D eigenvalue weighted by Crippen LogP contribution is -2.46. The zero-order chi connectivity index (χ0) is 14.5. The van der Waals surface area contributed by atoms with E-state index in [0.717, 1.165) is 50.0 Å². The second-order valence-electron chi connectivity index (χ2n) is 5.22. The number of thioether (sulfide) groups is 1. The molecule has 0 aliphatic carbocycles. The molecule has 2 N–H and O–H groups in total. The van der Waals surface area contributed by atoms with E-state index in [4.69, 9.17) is 4.74 Å². The third-order valence-corrected chi connectivity index (χ3v) is 4.81. The Morgan fingerprint density at radius 3 is 2.71 bits per heavy atom. The number of nitrogens with zero attached hydrogens (tertiary/aromatic N) is 1. The molecule has 1 aromatic rings. The standard InChI is InChI=1S/C15H21N3O2S/c19-15(14-11-21-10-5-16-14)17-12-1-3-13(4-2-12)18-6-8-20-9-7-18/h1-4,14,16H,5-11H2,(H,17,19). The first kappa shape index (κ1) is 14.7. The van der Waals surface area contributed by atoms with Crippen LogP contribution >= 0.6 is 11.8 Å². The van der Waals surface area contributed by atoms with Crippen molar-refractivity contribution in [2.45, 2.75) is 6.04 Å². The van der Waals surface area contributed by atoms with Gasteiger partial charge in [-0.05, 0) is 24.3 Å². The van der Waals surface area contributed by atoms with E-state index in [-0.39, 0.29) is 11.9 Å². The molecule has 114 valence electrons. The normalized spacial score (nSPS) is 22.9. The van der Waals surface area contributed by atoms with Gasteiger partial charge in [0, 0.05) is 42.5 Å². The second-order valence-corrected chi connectivity index (χ2v) is 6.37. The number of carbonyl (C=O) groups excluding carboxylic acids is 1. The molecule has 0 aromatic heterocycles. The Balaban J connectivity index is 1.57. The third-order valence-electron chi connectivity index (χ3n) is 3.75. The highest BCUT2D eigenvalue weighted by atomic mass is 32.2. The van der Waals surface area contributed by atoms with Gasteiger partial charge >= 0.3 is 0 Å². The fourth-order valence-electron chi connectivity index (χ4n) is 2.54. The van der Waals surface area contributed by atoms with Crippen molar-refractivity contribution < 1.29 is 9.53 Å². The molecule has 2 aliphatic heterocycles. The van der Waals surface area contributed by atoms with Crippen LogP contribution in [0.4, 0.5) is 11.4 Å². The molecule has 1 amide bonds. The van der Waals surface area contributed by atoms with Gasteiger partial charge in [0.15, 0.2) is 0 Å². The van der Waals surface area contributed by atoms with E-state index in [1.54, 1.807) is 0 Å². The molecule has 2 fully saturated rings. The summed E-state index contributed by atoms with van der Waals surface area (Å²) in [5.74, 6) is 1.98. The van der Waals surface area contributed by atoms with E-state index in [1.807, 2.05) is 23.9 Å². The predicted octanol–water partition coefficient (Wildman–Crippen LogP) is 1.17. The lowest BCUT2D eigenvalue weighted by atomic mass is 10.2. The van der Waals surface area contributed by atoms with Crippen molar-refractivity contribution in [1.29, 1.82) is 0 Å². The van der Waals surface area contributed by atoms with Gasteiger partial charge in [-0.3, -0.25) is 4.79 Å². The summed E-state index contributed by atoms with van der Waals surface area (Å²) in [4.78, 5) is 14.4. The largest absolute Gasteiger partial charge is 0.378 e. The SMILES string of the molecule is O=C(Nc1ccc(N2CCOCC2)cc1)C1CSCCN1. The van der Waals surface area contributed by atoms with Crippen molar-refractivity contribution in [3.8, 4) is 0 Å². The zero-order valence-electron chi connectivity index (χ0n) is 12.0. The molecule has 6 heteroatoms. The molecule has 3 rings (SSSR count). The number of hydrogen-bond donors (Lipinski definition) is 2. The number of nitrogens with one attached hydrogen (secondary N) is 2. The van der Waals surface area contributed by atoms with Gasteiger partial charge < -0.3 is 20.3 Å². The summed E-state index contributed by atoms with van der Waals surface area (Å²) in [7, 11) is 0. The number of amides is 1. The second kappa shape index (κ2) is 7.15. The Bertz CT molecular complexity index is 468. The Kier molecular flexibility index (Phi) is 5.00. The Labute approximate surface area is 129 Å². The number of carbonyl (C=O) groups is 1. The van der Waals surface area contributed by atoms with E-state index in [0.29, 0.717) is 0 Å². The van der Waals surface area contributed by atoms with Crippen LogP contribution in [0.25, 0.3) is 0 Å². The number of morpholine rings is 1. The van der Waals surface area contributed by atoms with Crippen molar-refractivity contribution in [3.05, 3.63) is 24.3 Å². The van der Waals surface area contributed by atoms with Crippen LogP contribution in [-0.2, 0) is 9.53 Å². The molecular weight excluding hydrogens is 286 g/mol. The first-order chi connectivity index (χ1) is 10.3. The van der Waals surface area contributed by atoms with Crippen molar-refractivity contribution in [2.24, 2.45) is 0 Å². The number of ether oxygens (including phenoxy) is 1. The average Bonchev–Trinajstić information content (AvgIpc) is 2.57. The van der Waals surface area contributed by atoms with E-state index in [9.17, 15) is 4.79 Å². The Morgan fingerprint density at radius 1 is 1.29 bits per heavy atom. The summed E-state index contributed by atoms with van der Waals surface area (Å²) in [5.41, 5.74) is 2.04. The quantitative estimate of drug-likeness (QED) is 0.878. The lowest BCUT2D eigenvalue weighted by Gasteiger charge is -2.29. The van der Waals surface area contributed by atoms with E-state index >= 15 is 0 Å². The summed E-state index contributed by atoms with van der Waals surface area (Å²) in [6.45, 7) is 4.32. The summed E-state index contributed by atoms with van der Waals surface area (Å²) < 4.78 is 5.36. The van der Waals surface area contributed by atoms with Crippen LogP contribution in [0.3, 0.4) is 0 Å². The molecule has 0 spiro atoms. The maximum absolute atomic E-state index is 12.1. The molecule has 2 saturated heterocycles. The topological polar surface area (TPSA) is 53.6 Å². The highest BCUT2D eigenvalue weighted by Crippen LogP contribution is 2.19. The third kappa shape index (κ3) is 3.90. The molecule has 1 atom stereocenters. The number of rotatable bonds is 3. The van der Waals surface area contributed by atoms with Crippen molar-refractivity contribution in [1.82, 2.24) is 5.32 Å². The van der Waals surface area contributed by atoms with Crippen LogP contribution in [-0.4, -0.2) is 56.3 Å². The fraction of sp³-hybridized carbons (Fsp3) is 0.533. The highest BCUT2D eigenvalue weighted by molar-refractivity contribution is 7.99. The molecule has 2 heterocycles. The maximum atomic E-state index is 12.1. The van der Waals surface area contributed by atoms with Crippen LogP contribution in [0.5, 0.6) is 0 Å². The first-order valence-corrected chi connectivity index (χ1v) is 8.53. The highest BCUT2D eigenvalue weighted by Gasteiger charge is 2.20. The van der Waals surface area contributed by atoms with Crippen LogP contribution in [0.1, 0.15) is 0 Å². The van der Waals surface area contributed by atoms with Gasteiger partial charge in [-0.2, -0.15) is 11.8 Å². The van der Waals surface area contributed by atoms with E-state index in [1.165, 1.54) is 5.69 Å². The van der Waals surface area contributed by atoms with Crippen LogP contribution in [0.2, 0.25) is 0 Å². The number of hydrogen-bond acceptors (Lipinski definition) is 5. The Hall–Kier alpha value is -1.24. The molecule has 1 unspecified atom stereocenters. The fourth-order valence-corrected chi connectivity index (χ4v) is 3.47. The molecule has 2 aliphatic rings. The van der Waals surface area contributed by atoms with Gasteiger partial charge in [-0.1, -0.05) is 0 Å². The van der Waals surface area contributed by atoms with Crippen LogP contribution < -0.4 is 15.5 Å². The number of benzene rings is 1. The molecular formula is C15H21N3O2S. The molecule has 1 aromatic carbocycles. The summed E-state index contributed by atoms with van der Waals surface area (Å²) in [6.07, 6.45) is 0. The van der Waals surface area contributed by atoms with Crippen molar-refractivity contribution in [3.63, 3.8) is 0 Å². The van der Waals surface area contributed by atoms with Crippen LogP contribution in [0.15, 0.2) is 24.3 Å². The summed E-state index contributed by atoms with van der Waals surface area (Å²) in [6, 6.07) is 7.98. The predicted molar refractivity (Wildman–Crippen MR) is 87.2 cm³/mol. The average molecular weight is 307 g/mol. The monoisotopic (exact) mass is 307 g/mol. The van der Waals surface area contributed by atoms with Gasteiger partial charge in [0.2, 0.25) is 5.91 Å². The summed E-state index contributed by atoms with van der Waals surface area (Å²) in [5, 5.41) is 6.23. The van der Waals surface area contributed by atoms with E-state index < -0.39 is 0 Å². The van der Waals surface area contributed by atoms with Gasteiger partial charge in [0.25, 0.3) is 0 Å². The molecule has 5 nitrogen and oxygen atoms in total. The first-order valence-electron chi connectivity index (χ1n) is 7.38. The van der Waals surface area contributed by atoms with Gasteiger partial charge in [0.1, 0.15) is 0 Å². The Morgan fingerprint density at radius 2 is 2.05 bits per heavy atom. The van der Waals surface area contributed by atoms with Crippen molar-refractivity contribution in [2.75, 3.05) is 54.6 Å². The number of anilines is 2. The minimum absolute atomic E-state index is 0.0568. The van der Waals surface area contributed by atoms with Crippen LogP contribution in [0, 0.1) is 0 Å². The van der Waals surface area contributed by atoms with Gasteiger partial charge in [-0.15, -0.1) is 0 Å². The summed E-state index contributed by atoms with van der Waals surface area (Å²) >= 11 is 1.82. The van der Waals surface area contributed by atoms with Gasteiger partial charge in [0.05, 0.1) is 19.3 Å². The molecule has 0 radical (unpaired) electrons. The lowest BCUT2D eigenvalue weighted by molar-refractivity contribution is -0.117. The smallest absolute Gasteiger partial charge is 0.242 e. The minimum Gasteiger partial charge on any atom is -0.378 e. The van der Waals surface area contributed by atoms with E-state index in [2.05, 4.69) is 27.7 Å². The molecule has 21 heavy (non-hydrogen) atoms. The minimum atomic E-state index is -0.0809.